The zero-order chi connectivity index (χ0) is 13.7. The van der Waals surface area contributed by atoms with E-state index in [2.05, 4.69) is 63.3 Å². The van der Waals surface area contributed by atoms with Crippen LogP contribution >= 0.6 is 27.7 Å². The zero-order valence-corrected chi connectivity index (χ0v) is 13.3. The summed E-state index contributed by atoms with van der Waals surface area (Å²) in [5.74, 6) is 0. The molecule has 5 heteroatoms. The van der Waals surface area contributed by atoms with E-state index in [9.17, 15) is 0 Å². The molecule has 2 aromatic rings. The normalized spacial score (nSPS) is 10.9. The highest BCUT2D eigenvalue weighted by Gasteiger charge is 2.07. The van der Waals surface area contributed by atoms with Gasteiger partial charge in [0.05, 0.1) is 6.20 Å². The molecule has 1 aromatic heterocycles. The monoisotopic (exact) mass is 337 g/mol. The van der Waals surface area contributed by atoms with E-state index >= 15 is 0 Å². The summed E-state index contributed by atoms with van der Waals surface area (Å²) in [6.45, 7) is 5.14. The third-order valence-electron chi connectivity index (χ3n) is 2.48. The molecule has 100 valence electrons. The van der Waals surface area contributed by atoms with Crippen LogP contribution in [0.15, 0.2) is 51.2 Å². The van der Waals surface area contributed by atoms with Crippen LogP contribution in [0.2, 0.25) is 0 Å². The lowest BCUT2D eigenvalue weighted by atomic mass is 10.2. The standard InChI is InChI=1S/C14H16BrN3S/c1-10(2)18-8-11-7-12(15)3-4-13(11)19-14-9-16-5-6-17-14/h3-7,9-10,18H,8H2,1-2H3. The zero-order valence-electron chi connectivity index (χ0n) is 10.9. The first-order valence-corrected chi connectivity index (χ1v) is 7.72. The number of benzene rings is 1. The van der Waals surface area contributed by atoms with E-state index in [0.29, 0.717) is 6.04 Å². The SMILES string of the molecule is CC(C)NCc1cc(Br)ccc1Sc1cnccn1. The summed E-state index contributed by atoms with van der Waals surface area (Å²) in [5, 5.41) is 4.36. The number of hydrogen-bond acceptors (Lipinski definition) is 4. The highest BCUT2D eigenvalue weighted by molar-refractivity contribution is 9.10. The molecule has 3 nitrogen and oxygen atoms in total. The van der Waals surface area contributed by atoms with Crippen LogP contribution in [-0.4, -0.2) is 16.0 Å². The Morgan fingerprint density at radius 2 is 2.16 bits per heavy atom. The Labute approximate surface area is 126 Å². The molecule has 0 aliphatic heterocycles. The van der Waals surface area contributed by atoms with Crippen LogP contribution in [0.3, 0.4) is 0 Å². The van der Waals surface area contributed by atoms with Crippen LogP contribution in [0.1, 0.15) is 19.4 Å². The molecule has 0 fully saturated rings. The first kappa shape index (κ1) is 14.5. The molecule has 2 rings (SSSR count). The first-order chi connectivity index (χ1) is 9.15. The molecule has 0 amide bonds. The molecule has 0 atom stereocenters. The van der Waals surface area contributed by atoms with Gasteiger partial charge in [-0.15, -0.1) is 0 Å². The van der Waals surface area contributed by atoms with E-state index in [1.807, 2.05) is 0 Å². The molecule has 1 heterocycles. The predicted molar refractivity (Wildman–Crippen MR) is 82.3 cm³/mol. The summed E-state index contributed by atoms with van der Waals surface area (Å²) in [6.07, 6.45) is 5.19. The summed E-state index contributed by atoms with van der Waals surface area (Å²) in [6, 6.07) is 6.78. The quantitative estimate of drug-likeness (QED) is 0.898. The van der Waals surface area contributed by atoms with E-state index in [4.69, 9.17) is 0 Å². The third kappa shape index (κ3) is 4.60. The summed E-state index contributed by atoms with van der Waals surface area (Å²) in [7, 11) is 0. The first-order valence-electron chi connectivity index (χ1n) is 6.11. The van der Waals surface area contributed by atoms with Crippen molar-refractivity contribution in [2.75, 3.05) is 0 Å². The molecule has 19 heavy (non-hydrogen) atoms. The van der Waals surface area contributed by atoms with Crippen molar-refractivity contribution >= 4 is 27.7 Å². The highest BCUT2D eigenvalue weighted by atomic mass is 79.9. The maximum Gasteiger partial charge on any atom is 0.119 e. The van der Waals surface area contributed by atoms with Gasteiger partial charge in [0.25, 0.3) is 0 Å². The highest BCUT2D eigenvalue weighted by Crippen LogP contribution is 2.30. The van der Waals surface area contributed by atoms with Gasteiger partial charge in [-0.3, -0.25) is 4.98 Å². The van der Waals surface area contributed by atoms with Gasteiger partial charge < -0.3 is 5.32 Å². The van der Waals surface area contributed by atoms with Crippen molar-refractivity contribution in [2.24, 2.45) is 0 Å². The Balaban J connectivity index is 2.19. The van der Waals surface area contributed by atoms with Gasteiger partial charge in [-0.2, -0.15) is 0 Å². The summed E-state index contributed by atoms with van der Waals surface area (Å²) >= 11 is 5.16. The fourth-order valence-electron chi connectivity index (χ4n) is 1.55. The van der Waals surface area contributed by atoms with E-state index in [1.165, 1.54) is 10.5 Å². The second kappa shape index (κ2) is 7.03. The van der Waals surface area contributed by atoms with E-state index in [0.717, 1.165) is 16.0 Å². The molecule has 0 bridgehead atoms. The van der Waals surface area contributed by atoms with Crippen LogP contribution < -0.4 is 5.32 Å². The maximum atomic E-state index is 4.30. The molecule has 0 spiro atoms. The van der Waals surface area contributed by atoms with Crippen LogP contribution in [0, 0.1) is 0 Å². The number of halogens is 1. The van der Waals surface area contributed by atoms with Gasteiger partial charge in [0.15, 0.2) is 0 Å². The molecule has 0 saturated carbocycles. The van der Waals surface area contributed by atoms with Gasteiger partial charge in [0, 0.05) is 34.3 Å². The summed E-state index contributed by atoms with van der Waals surface area (Å²) in [5.41, 5.74) is 1.26. The molecule has 0 aliphatic rings. The molecule has 1 aromatic carbocycles. The fourth-order valence-corrected chi connectivity index (χ4v) is 2.81. The Hall–Kier alpha value is -0.910. The topological polar surface area (TPSA) is 37.8 Å². The number of hydrogen-bond donors (Lipinski definition) is 1. The van der Waals surface area contributed by atoms with Crippen molar-refractivity contribution < 1.29 is 0 Å². The number of nitrogens with one attached hydrogen (secondary N) is 1. The summed E-state index contributed by atoms with van der Waals surface area (Å²) < 4.78 is 1.09. The number of nitrogens with zero attached hydrogens (tertiary/aromatic N) is 2. The van der Waals surface area contributed by atoms with Crippen LogP contribution in [0.5, 0.6) is 0 Å². The van der Waals surface area contributed by atoms with Crippen molar-refractivity contribution in [2.45, 2.75) is 36.4 Å². The average molecular weight is 338 g/mol. The van der Waals surface area contributed by atoms with E-state index in [1.54, 1.807) is 30.4 Å². The van der Waals surface area contributed by atoms with Gasteiger partial charge in [0.2, 0.25) is 0 Å². The fraction of sp³-hybridized carbons (Fsp3) is 0.286. The largest absolute Gasteiger partial charge is 0.310 e. The second-order valence-electron chi connectivity index (χ2n) is 4.43. The molecular weight excluding hydrogens is 322 g/mol. The van der Waals surface area contributed by atoms with Crippen molar-refractivity contribution in [1.82, 2.24) is 15.3 Å². The van der Waals surface area contributed by atoms with Gasteiger partial charge in [-0.05, 0) is 23.8 Å². The lowest BCUT2D eigenvalue weighted by Gasteiger charge is -2.12. The Bertz CT molecular complexity index is 531. The van der Waals surface area contributed by atoms with E-state index < -0.39 is 0 Å². The molecule has 0 saturated heterocycles. The molecule has 1 N–H and O–H groups in total. The number of rotatable bonds is 5. The molecule has 0 unspecified atom stereocenters. The average Bonchev–Trinajstić information content (AvgIpc) is 2.40. The molecular formula is C14H16BrN3S. The Kier molecular flexibility index (Phi) is 5.36. The second-order valence-corrected chi connectivity index (χ2v) is 6.41. The van der Waals surface area contributed by atoms with Gasteiger partial charge in [0.1, 0.15) is 5.03 Å². The summed E-state index contributed by atoms with van der Waals surface area (Å²) in [4.78, 5) is 9.60. The van der Waals surface area contributed by atoms with Crippen molar-refractivity contribution in [3.8, 4) is 0 Å². The van der Waals surface area contributed by atoms with Gasteiger partial charge in [-0.25, -0.2) is 4.98 Å². The molecule has 0 aliphatic carbocycles. The molecule has 0 radical (unpaired) electrons. The predicted octanol–water partition coefficient (Wildman–Crippen LogP) is 3.89. The number of aromatic nitrogens is 2. The van der Waals surface area contributed by atoms with E-state index in [-0.39, 0.29) is 0 Å². The minimum atomic E-state index is 0.466. The minimum absolute atomic E-state index is 0.466. The van der Waals surface area contributed by atoms with Gasteiger partial charge >= 0.3 is 0 Å². The van der Waals surface area contributed by atoms with Crippen LogP contribution in [0.4, 0.5) is 0 Å². The Morgan fingerprint density at radius 1 is 1.32 bits per heavy atom. The lowest BCUT2D eigenvalue weighted by molar-refractivity contribution is 0.584. The smallest absolute Gasteiger partial charge is 0.119 e. The van der Waals surface area contributed by atoms with Crippen LogP contribution in [0.25, 0.3) is 0 Å². The third-order valence-corrected chi connectivity index (χ3v) is 4.01. The van der Waals surface area contributed by atoms with Crippen molar-refractivity contribution in [1.29, 1.82) is 0 Å². The lowest BCUT2D eigenvalue weighted by Crippen LogP contribution is -2.22. The van der Waals surface area contributed by atoms with Crippen molar-refractivity contribution in [3.63, 3.8) is 0 Å². The Morgan fingerprint density at radius 3 is 2.84 bits per heavy atom. The van der Waals surface area contributed by atoms with Crippen LogP contribution in [-0.2, 0) is 6.54 Å². The van der Waals surface area contributed by atoms with Crippen molar-refractivity contribution in [3.05, 3.63) is 46.8 Å². The van der Waals surface area contributed by atoms with Gasteiger partial charge in [-0.1, -0.05) is 41.5 Å². The minimum Gasteiger partial charge on any atom is -0.310 e. The maximum absolute atomic E-state index is 4.30.